The van der Waals surface area contributed by atoms with E-state index in [1.807, 2.05) is 0 Å². The molecule has 1 unspecified atom stereocenters. The fraction of sp³-hybridized carbons (Fsp3) is 0.667. The van der Waals surface area contributed by atoms with Gasteiger partial charge in [-0.25, -0.2) is 0 Å². The van der Waals surface area contributed by atoms with E-state index in [0.29, 0.717) is 5.56 Å². The predicted molar refractivity (Wildman–Crippen MR) is 168 cm³/mol. The van der Waals surface area contributed by atoms with Gasteiger partial charge in [-0.2, -0.15) is 0 Å². The maximum atomic E-state index is 13.3. The van der Waals surface area contributed by atoms with Crippen molar-refractivity contribution in [1.82, 2.24) is 0 Å². The van der Waals surface area contributed by atoms with E-state index in [4.69, 9.17) is 23.7 Å². The molecule has 2 rings (SSSR count). The highest BCUT2D eigenvalue weighted by Gasteiger charge is 2.54. The van der Waals surface area contributed by atoms with E-state index in [2.05, 4.69) is 4.99 Å². The third-order valence-corrected chi connectivity index (χ3v) is 6.64. The number of nitro groups is 1. The fourth-order valence-corrected chi connectivity index (χ4v) is 3.67. The lowest BCUT2D eigenvalue weighted by molar-refractivity contribution is -0.384. The average Bonchev–Trinajstić information content (AvgIpc) is 2.90. The number of hydrogen-bond acceptors (Lipinski definition) is 12. The number of hydrogen-bond donors (Lipinski definition) is 0. The van der Waals surface area contributed by atoms with Crippen molar-refractivity contribution < 1.29 is 47.8 Å². The Morgan fingerprint density at radius 1 is 0.717 bits per heavy atom. The Labute approximate surface area is 270 Å². The number of ether oxygens (including phenoxy) is 5. The maximum absolute atomic E-state index is 13.3. The first-order valence-electron chi connectivity index (χ1n) is 15.1. The van der Waals surface area contributed by atoms with Crippen LogP contribution in [0.25, 0.3) is 0 Å². The standard InChI is InChI=1S/C33H48N2O11/c1-30(2,3)26(36)42-18-21-22(44-27(37)31(4,5)6)23(45-28(38)32(7,8)9)24(46-29(39)33(10,11)12)25(43-21)34-17-19-13-15-20(16-14-19)35(40)41/h13-17,21-25H,18H2,1-12H3/b34-17+/t21-,22-,23+,24-,25?/m1/s1. The first kappa shape index (κ1) is 38.3. The molecule has 1 aromatic carbocycles. The Hall–Kier alpha value is -3.87. The normalized spacial score (nSPS) is 22.6. The van der Waals surface area contributed by atoms with Gasteiger partial charge in [0.1, 0.15) is 12.7 Å². The number of benzene rings is 1. The van der Waals surface area contributed by atoms with Crippen LogP contribution in [-0.4, -0.2) is 72.3 Å². The Morgan fingerprint density at radius 3 is 1.54 bits per heavy atom. The van der Waals surface area contributed by atoms with Crippen molar-refractivity contribution in [3.05, 3.63) is 39.9 Å². The molecule has 1 fully saturated rings. The van der Waals surface area contributed by atoms with E-state index in [1.54, 1.807) is 83.1 Å². The number of aliphatic imine (C=N–C) groups is 1. The minimum Gasteiger partial charge on any atom is -0.462 e. The second-order valence-electron chi connectivity index (χ2n) is 15.4. The van der Waals surface area contributed by atoms with Gasteiger partial charge in [-0.15, -0.1) is 0 Å². The van der Waals surface area contributed by atoms with Gasteiger partial charge in [-0.05, 0) is 101 Å². The van der Waals surface area contributed by atoms with Crippen LogP contribution >= 0.6 is 0 Å². The first-order chi connectivity index (χ1) is 20.8. The molecule has 13 nitrogen and oxygen atoms in total. The molecule has 0 aliphatic carbocycles. The SMILES string of the molecule is CC(C)(C)C(=O)OC[C@H]1OC(/N=C/c2ccc([N+](=O)[O-])cc2)[C@H](OC(=O)C(C)(C)C)[C@@H](OC(=O)C(C)(C)C)[C@@H]1OC(=O)C(C)(C)C. The topological polar surface area (TPSA) is 170 Å². The zero-order valence-electron chi connectivity index (χ0n) is 28.9. The van der Waals surface area contributed by atoms with Gasteiger partial charge in [-0.3, -0.25) is 34.3 Å². The minimum absolute atomic E-state index is 0.124. The molecule has 256 valence electrons. The molecule has 0 bridgehead atoms. The number of nitro benzene ring substituents is 1. The third-order valence-electron chi connectivity index (χ3n) is 6.64. The quantitative estimate of drug-likeness (QED) is 0.119. The lowest BCUT2D eigenvalue weighted by Gasteiger charge is -2.45. The molecule has 1 heterocycles. The highest BCUT2D eigenvalue weighted by Crippen LogP contribution is 2.34. The Morgan fingerprint density at radius 2 is 1.13 bits per heavy atom. The molecule has 13 heteroatoms. The van der Waals surface area contributed by atoms with Gasteiger partial charge in [0.05, 0.1) is 26.6 Å². The molecular weight excluding hydrogens is 600 g/mol. The molecule has 0 N–H and O–H groups in total. The van der Waals surface area contributed by atoms with Crippen LogP contribution in [0.1, 0.15) is 88.6 Å². The van der Waals surface area contributed by atoms with Gasteiger partial charge >= 0.3 is 23.9 Å². The van der Waals surface area contributed by atoms with Crippen molar-refractivity contribution in [1.29, 1.82) is 0 Å². The fourth-order valence-electron chi connectivity index (χ4n) is 3.67. The summed E-state index contributed by atoms with van der Waals surface area (Å²) >= 11 is 0. The zero-order valence-corrected chi connectivity index (χ0v) is 28.9. The van der Waals surface area contributed by atoms with Crippen LogP contribution in [0.4, 0.5) is 5.69 Å². The van der Waals surface area contributed by atoms with E-state index in [1.165, 1.54) is 30.5 Å². The van der Waals surface area contributed by atoms with Gasteiger partial charge in [0, 0.05) is 18.3 Å². The molecule has 5 atom stereocenters. The monoisotopic (exact) mass is 648 g/mol. The summed E-state index contributed by atoms with van der Waals surface area (Å²) in [5, 5.41) is 11.1. The summed E-state index contributed by atoms with van der Waals surface area (Å²) in [5.41, 5.74) is -3.55. The van der Waals surface area contributed by atoms with Gasteiger partial charge in [-0.1, -0.05) is 0 Å². The van der Waals surface area contributed by atoms with Crippen LogP contribution in [0.2, 0.25) is 0 Å². The summed E-state index contributed by atoms with van der Waals surface area (Å²) in [7, 11) is 0. The van der Waals surface area contributed by atoms with Crippen LogP contribution < -0.4 is 0 Å². The van der Waals surface area contributed by atoms with Crippen molar-refractivity contribution in [2.24, 2.45) is 26.7 Å². The van der Waals surface area contributed by atoms with E-state index < -0.39 is 87.7 Å². The number of carbonyl (C=O) groups excluding carboxylic acids is 4. The average molecular weight is 649 g/mol. The van der Waals surface area contributed by atoms with Crippen molar-refractivity contribution in [3.8, 4) is 0 Å². The maximum Gasteiger partial charge on any atom is 0.311 e. The van der Waals surface area contributed by atoms with Crippen LogP contribution in [0.15, 0.2) is 29.3 Å². The second-order valence-corrected chi connectivity index (χ2v) is 15.4. The summed E-state index contributed by atoms with van der Waals surface area (Å²) in [5.74, 6) is -2.59. The Balaban J connectivity index is 2.73. The molecule has 1 aliphatic heterocycles. The van der Waals surface area contributed by atoms with Crippen molar-refractivity contribution >= 4 is 35.8 Å². The zero-order chi connectivity index (χ0) is 35.4. The molecular formula is C33H48N2O11. The lowest BCUT2D eigenvalue weighted by atomic mass is 9.92. The molecule has 1 aliphatic rings. The van der Waals surface area contributed by atoms with E-state index in [0.717, 1.165) is 0 Å². The smallest absolute Gasteiger partial charge is 0.311 e. The van der Waals surface area contributed by atoms with Crippen molar-refractivity contribution in [3.63, 3.8) is 0 Å². The largest absolute Gasteiger partial charge is 0.462 e. The highest BCUT2D eigenvalue weighted by molar-refractivity contribution is 5.80. The molecule has 0 saturated carbocycles. The van der Waals surface area contributed by atoms with E-state index >= 15 is 0 Å². The van der Waals surface area contributed by atoms with Crippen molar-refractivity contribution in [2.45, 2.75) is 114 Å². The number of rotatable bonds is 8. The molecule has 46 heavy (non-hydrogen) atoms. The Kier molecular flexibility index (Phi) is 11.9. The predicted octanol–water partition coefficient (Wildman–Crippen LogP) is 5.20. The molecule has 0 aromatic heterocycles. The molecule has 0 spiro atoms. The highest BCUT2D eigenvalue weighted by atomic mass is 16.7. The van der Waals surface area contributed by atoms with Crippen LogP contribution in [0, 0.1) is 31.8 Å². The van der Waals surface area contributed by atoms with E-state index in [9.17, 15) is 29.3 Å². The molecule has 1 saturated heterocycles. The number of nitrogens with zero attached hydrogens (tertiary/aromatic N) is 2. The van der Waals surface area contributed by atoms with Gasteiger partial charge in [0.15, 0.2) is 24.5 Å². The van der Waals surface area contributed by atoms with Gasteiger partial charge in [0.25, 0.3) is 5.69 Å². The third kappa shape index (κ3) is 10.6. The van der Waals surface area contributed by atoms with Crippen LogP contribution in [-0.2, 0) is 42.9 Å². The number of esters is 4. The van der Waals surface area contributed by atoms with Crippen LogP contribution in [0.3, 0.4) is 0 Å². The van der Waals surface area contributed by atoms with Crippen molar-refractivity contribution in [2.75, 3.05) is 6.61 Å². The molecule has 0 amide bonds. The summed E-state index contributed by atoms with van der Waals surface area (Å²) in [4.78, 5) is 67.7. The molecule has 0 radical (unpaired) electrons. The van der Waals surface area contributed by atoms with Crippen LogP contribution in [0.5, 0.6) is 0 Å². The number of non-ortho nitro benzene ring substituents is 1. The second kappa shape index (κ2) is 14.3. The number of carbonyl (C=O) groups is 4. The summed E-state index contributed by atoms with van der Waals surface area (Å²) in [6.07, 6.45) is -5.43. The van der Waals surface area contributed by atoms with Gasteiger partial charge < -0.3 is 23.7 Å². The summed E-state index contributed by atoms with van der Waals surface area (Å²) in [6.45, 7) is 19.3. The minimum atomic E-state index is -1.43. The Bertz CT molecular complexity index is 1310. The summed E-state index contributed by atoms with van der Waals surface area (Å²) < 4.78 is 29.6. The molecule has 1 aromatic rings. The first-order valence-corrected chi connectivity index (χ1v) is 15.1. The lowest BCUT2D eigenvalue weighted by Crippen LogP contribution is -2.63. The summed E-state index contributed by atoms with van der Waals surface area (Å²) in [6, 6.07) is 5.53. The van der Waals surface area contributed by atoms with E-state index in [-0.39, 0.29) is 5.69 Å². The van der Waals surface area contributed by atoms with Gasteiger partial charge in [0.2, 0.25) is 0 Å².